The summed E-state index contributed by atoms with van der Waals surface area (Å²) in [5.41, 5.74) is 1.06. The second-order valence-corrected chi connectivity index (χ2v) is 4.27. The van der Waals surface area contributed by atoms with Crippen molar-refractivity contribution in [3.05, 3.63) is 29.8 Å². The van der Waals surface area contributed by atoms with Gasteiger partial charge in [-0.25, -0.2) is 0 Å². The number of nitrogens with zero attached hydrogens (tertiary/aromatic N) is 1. The van der Waals surface area contributed by atoms with E-state index in [1.54, 1.807) is 19.1 Å². The van der Waals surface area contributed by atoms with Gasteiger partial charge in [-0.2, -0.15) is 0 Å². The Morgan fingerprint density at radius 1 is 1.47 bits per heavy atom. The van der Waals surface area contributed by atoms with Gasteiger partial charge in [-0.1, -0.05) is 12.1 Å². The minimum absolute atomic E-state index is 0.119. The summed E-state index contributed by atoms with van der Waals surface area (Å²) in [6.45, 7) is 0.596. The average Bonchev–Trinajstić information content (AvgIpc) is 2.36. The summed E-state index contributed by atoms with van der Waals surface area (Å²) in [7, 11) is 3.44. The maximum absolute atomic E-state index is 11.7. The van der Waals surface area contributed by atoms with Crippen molar-refractivity contribution >= 4 is 17.5 Å². The van der Waals surface area contributed by atoms with Crippen molar-refractivity contribution in [3.63, 3.8) is 0 Å². The predicted octanol–water partition coefficient (Wildman–Crippen LogP) is 2.67. The third-order valence-corrected chi connectivity index (χ3v) is 2.77. The lowest BCUT2D eigenvalue weighted by molar-refractivity contribution is -0.130. The first-order chi connectivity index (χ1) is 8.17. The van der Waals surface area contributed by atoms with Crippen molar-refractivity contribution in [2.75, 3.05) is 20.0 Å². The van der Waals surface area contributed by atoms with E-state index < -0.39 is 0 Å². The summed E-state index contributed by atoms with van der Waals surface area (Å²) in [6.07, 6.45) is 1.23. The highest BCUT2D eigenvalue weighted by Crippen LogP contribution is 2.14. The zero-order chi connectivity index (χ0) is 12.7. The Bertz CT molecular complexity index is 368. The molecular formula is C13H18ClNO2. The zero-order valence-corrected chi connectivity index (χ0v) is 11.0. The number of ether oxygens (including phenoxy) is 1. The number of carbonyl (C=O) groups is 1. The summed E-state index contributed by atoms with van der Waals surface area (Å²) >= 11 is 5.56. The molecule has 1 amide bonds. The van der Waals surface area contributed by atoms with Gasteiger partial charge < -0.3 is 9.64 Å². The number of hydrogen-bond donors (Lipinski definition) is 0. The molecule has 0 aliphatic heterocycles. The van der Waals surface area contributed by atoms with E-state index in [2.05, 4.69) is 0 Å². The van der Waals surface area contributed by atoms with E-state index >= 15 is 0 Å². The van der Waals surface area contributed by atoms with E-state index in [9.17, 15) is 4.79 Å². The third kappa shape index (κ3) is 4.65. The molecule has 0 bridgehead atoms. The summed E-state index contributed by atoms with van der Waals surface area (Å²) < 4.78 is 5.14. The Kier molecular flexibility index (Phi) is 5.84. The summed E-state index contributed by atoms with van der Waals surface area (Å²) in [6, 6.07) is 7.73. The van der Waals surface area contributed by atoms with Gasteiger partial charge in [0.05, 0.1) is 7.11 Å². The van der Waals surface area contributed by atoms with Gasteiger partial charge in [0.15, 0.2) is 0 Å². The SMILES string of the molecule is COc1cccc(CN(C)C(=O)CCCCl)c1. The van der Waals surface area contributed by atoms with Crippen LogP contribution < -0.4 is 4.74 Å². The lowest BCUT2D eigenvalue weighted by Crippen LogP contribution is -2.25. The Hall–Kier alpha value is -1.22. The van der Waals surface area contributed by atoms with Crippen molar-refractivity contribution in [3.8, 4) is 5.75 Å². The standard InChI is InChI=1S/C13H18ClNO2/c1-15(13(16)7-4-8-14)10-11-5-3-6-12(9-11)17-2/h3,5-6,9H,4,7-8,10H2,1-2H3. The molecule has 1 rings (SSSR count). The third-order valence-electron chi connectivity index (χ3n) is 2.50. The van der Waals surface area contributed by atoms with Crippen molar-refractivity contribution in [2.24, 2.45) is 0 Å². The number of halogens is 1. The molecule has 0 heterocycles. The molecule has 0 N–H and O–H groups in total. The molecule has 0 fully saturated rings. The fourth-order valence-electron chi connectivity index (χ4n) is 1.54. The highest BCUT2D eigenvalue weighted by molar-refractivity contribution is 6.17. The molecular weight excluding hydrogens is 238 g/mol. The molecule has 17 heavy (non-hydrogen) atoms. The molecule has 0 aliphatic carbocycles. The van der Waals surface area contributed by atoms with E-state index in [4.69, 9.17) is 16.3 Å². The minimum atomic E-state index is 0.119. The van der Waals surface area contributed by atoms with E-state index in [1.807, 2.05) is 24.3 Å². The molecule has 0 spiro atoms. The van der Waals surface area contributed by atoms with Crippen LogP contribution in [0, 0.1) is 0 Å². The van der Waals surface area contributed by atoms with Crippen LogP contribution in [-0.2, 0) is 11.3 Å². The first-order valence-corrected chi connectivity index (χ1v) is 6.13. The number of rotatable bonds is 6. The summed E-state index contributed by atoms with van der Waals surface area (Å²) in [4.78, 5) is 13.4. The van der Waals surface area contributed by atoms with Crippen molar-refractivity contribution in [1.29, 1.82) is 0 Å². The van der Waals surface area contributed by atoms with E-state index in [0.29, 0.717) is 18.8 Å². The fourth-order valence-corrected chi connectivity index (χ4v) is 1.68. The number of carbonyl (C=O) groups excluding carboxylic acids is 1. The fraction of sp³-hybridized carbons (Fsp3) is 0.462. The summed E-state index contributed by atoms with van der Waals surface area (Å²) in [5.74, 6) is 1.45. The number of amides is 1. The topological polar surface area (TPSA) is 29.5 Å². The molecule has 94 valence electrons. The molecule has 0 aliphatic rings. The Balaban J connectivity index is 2.54. The van der Waals surface area contributed by atoms with Crippen LogP contribution in [0.2, 0.25) is 0 Å². The molecule has 0 saturated heterocycles. The number of alkyl halides is 1. The smallest absolute Gasteiger partial charge is 0.222 e. The van der Waals surface area contributed by atoms with E-state index in [0.717, 1.165) is 17.7 Å². The highest BCUT2D eigenvalue weighted by Gasteiger charge is 2.08. The molecule has 0 aromatic heterocycles. The van der Waals surface area contributed by atoms with Crippen LogP contribution in [-0.4, -0.2) is 30.8 Å². The molecule has 0 atom stereocenters. The van der Waals surface area contributed by atoms with Crippen molar-refractivity contribution in [1.82, 2.24) is 4.90 Å². The van der Waals surface area contributed by atoms with Crippen LogP contribution in [0.4, 0.5) is 0 Å². The van der Waals surface area contributed by atoms with Gasteiger partial charge in [0.25, 0.3) is 0 Å². The van der Waals surface area contributed by atoms with E-state index in [1.165, 1.54) is 0 Å². The quantitative estimate of drug-likeness (QED) is 0.732. The van der Waals surface area contributed by atoms with Gasteiger partial charge in [0.2, 0.25) is 5.91 Å². The second kappa shape index (κ2) is 7.17. The predicted molar refractivity (Wildman–Crippen MR) is 69.4 cm³/mol. The van der Waals surface area contributed by atoms with Gasteiger partial charge in [-0.15, -0.1) is 11.6 Å². The molecule has 0 radical (unpaired) electrons. The van der Waals surface area contributed by atoms with Crippen LogP contribution in [0.3, 0.4) is 0 Å². The molecule has 1 aromatic carbocycles. The van der Waals surface area contributed by atoms with Gasteiger partial charge >= 0.3 is 0 Å². The Labute approximate surface area is 107 Å². The normalized spacial score (nSPS) is 10.1. The first kappa shape index (κ1) is 13.8. The lowest BCUT2D eigenvalue weighted by atomic mass is 10.2. The first-order valence-electron chi connectivity index (χ1n) is 5.60. The molecule has 3 nitrogen and oxygen atoms in total. The highest BCUT2D eigenvalue weighted by atomic mass is 35.5. The van der Waals surface area contributed by atoms with Gasteiger partial charge in [0, 0.05) is 25.9 Å². The van der Waals surface area contributed by atoms with Gasteiger partial charge in [-0.05, 0) is 24.1 Å². The van der Waals surface area contributed by atoms with Crippen LogP contribution in [0.25, 0.3) is 0 Å². The zero-order valence-electron chi connectivity index (χ0n) is 10.3. The molecule has 0 unspecified atom stereocenters. The lowest BCUT2D eigenvalue weighted by Gasteiger charge is -2.17. The second-order valence-electron chi connectivity index (χ2n) is 3.89. The Morgan fingerprint density at radius 2 is 2.24 bits per heavy atom. The van der Waals surface area contributed by atoms with Crippen molar-refractivity contribution < 1.29 is 9.53 Å². The van der Waals surface area contributed by atoms with Crippen LogP contribution in [0.15, 0.2) is 24.3 Å². The van der Waals surface area contributed by atoms with E-state index in [-0.39, 0.29) is 5.91 Å². The number of methoxy groups -OCH3 is 1. The van der Waals surface area contributed by atoms with Gasteiger partial charge in [0.1, 0.15) is 5.75 Å². The maximum Gasteiger partial charge on any atom is 0.222 e. The van der Waals surface area contributed by atoms with Crippen LogP contribution >= 0.6 is 11.6 Å². The average molecular weight is 256 g/mol. The largest absolute Gasteiger partial charge is 0.497 e. The monoisotopic (exact) mass is 255 g/mol. The van der Waals surface area contributed by atoms with Gasteiger partial charge in [-0.3, -0.25) is 4.79 Å². The molecule has 1 aromatic rings. The molecule has 0 saturated carbocycles. The van der Waals surface area contributed by atoms with Crippen LogP contribution in [0.1, 0.15) is 18.4 Å². The number of hydrogen-bond acceptors (Lipinski definition) is 2. The molecule has 4 heteroatoms. The summed E-state index contributed by atoms with van der Waals surface area (Å²) in [5, 5.41) is 0. The van der Waals surface area contributed by atoms with Crippen molar-refractivity contribution in [2.45, 2.75) is 19.4 Å². The minimum Gasteiger partial charge on any atom is -0.497 e. The number of benzene rings is 1. The maximum atomic E-state index is 11.7. The van der Waals surface area contributed by atoms with Crippen LogP contribution in [0.5, 0.6) is 5.75 Å². The Morgan fingerprint density at radius 3 is 2.88 bits per heavy atom.